The number of halogens is 1. The van der Waals surface area contributed by atoms with Gasteiger partial charge < -0.3 is 9.64 Å². The van der Waals surface area contributed by atoms with Crippen molar-refractivity contribution in [3.63, 3.8) is 0 Å². The summed E-state index contributed by atoms with van der Waals surface area (Å²) in [7, 11) is 1.65. The number of nitrogens with zero attached hydrogens (tertiary/aromatic N) is 3. The molecule has 0 radical (unpaired) electrons. The Kier molecular flexibility index (Phi) is 5.91. The highest BCUT2D eigenvalue weighted by Crippen LogP contribution is 2.25. The van der Waals surface area contributed by atoms with Gasteiger partial charge in [0.2, 0.25) is 5.91 Å². The van der Waals surface area contributed by atoms with Crippen molar-refractivity contribution in [3.8, 4) is 5.75 Å². The molecule has 4 rings (SSSR count). The van der Waals surface area contributed by atoms with Crippen LogP contribution in [0.4, 0.5) is 0 Å². The van der Waals surface area contributed by atoms with E-state index in [1.165, 1.54) is 5.56 Å². The molecule has 3 aromatic rings. The zero-order valence-electron chi connectivity index (χ0n) is 17.1. The lowest BCUT2D eigenvalue weighted by molar-refractivity contribution is -0.126. The normalized spacial score (nSPS) is 13.5. The second-order valence-electron chi connectivity index (χ2n) is 7.41. The van der Waals surface area contributed by atoms with Crippen molar-refractivity contribution in [3.05, 3.63) is 87.7 Å². The number of hydrogen-bond donors (Lipinski definition) is 0. The standard InChI is InChI=1S/C24H24ClN3O2/c1-17-22(24(25)28(26-17)15-18-6-4-3-5-7-18)10-11-23(29)27-13-12-19-8-9-21(30-2)14-20(19)16-27/h3-11,14H,12-13,15-16H2,1-2H3/b11-10+. The lowest BCUT2D eigenvalue weighted by Crippen LogP contribution is -2.34. The van der Waals surface area contributed by atoms with E-state index in [2.05, 4.69) is 11.2 Å². The Labute approximate surface area is 181 Å². The van der Waals surface area contributed by atoms with Crippen LogP contribution in [0.5, 0.6) is 5.75 Å². The second kappa shape index (κ2) is 8.76. The highest BCUT2D eigenvalue weighted by Gasteiger charge is 2.20. The number of aryl methyl sites for hydroxylation is 1. The first-order valence-electron chi connectivity index (χ1n) is 9.95. The number of carbonyl (C=O) groups excluding carboxylic acids is 1. The summed E-state index contributed by atoms with van der Waals surface area (Å²) in [6.45, 7) is 3.77. The molecule has 2 aromatic carbocycles. The number of rotatable bonds is 5. The minimum atomic E-state index is -0.0326. The predicted molar refractivity (Wildman–Crippen MR) is 119 cm³/mol. The summed E-state index contributed by atoms with van der Waals surface area (Å²) in [5, 5.41) is 5.08. The van der Waals surface area contributed by atoms with Crippen LogP contribution in [0.25, 0.3) is 6.08 Å². The van der Waals surface area contributed by atoms with Crippen LogP contribution < -0.4 is 4.74 Å². The maximum absolute atomic E-state index is 12.8. The Morgan fingerprint density at radius 3 is 2.77 bits per heavy atom. The van der Waals surface area contributed by atoms with Crippen LogP contribution in [0.3, 0.4) is 0 Å². The molecule has 0 N–H and O–H groups in total. The molecule has 0 bridgehead atoms. The topological polar surface area (TPSA) is 47.4 Å². The van der Waals surface area contributed by atoms with Gasteiger partial charge in [-0.1, -0.05) is 48.0 Å². The summed E-state index contributed by atoms with van der Waals surface area (Å²) in [6, 6.07) is 16.1. The molecule has 1 aromatic heterocycles. The summed E-state index contributed by atoms with van der Waals surface area (Å²) in [6.07, 6.45) is 4.21. The van der Waals surface area contributed by atoms with Crippen molar-refractivity contribution >= 4 is 23.6 Å². The second-order valence-corrected chi connectivity index (χ2v) is 7.77. The molecule has 0 aliphatic carbocycles. The molecule has 1 aliphatic heterocycles. The number of fused-ring (bicyclic) bond motifs is 1. The lowest BCUT2D eigenvalue weighted by Gasteiger charge is -2.28. The van der Waals surface area contributed by atoms with E-state index in [0.29, 0.717) is 24.8 Å². The van der Waals surface area contributed by atoms with E-state index in [-0.39, 0.29) is 5.91 Å². The van der Waals surface area contributed by atoms with Crippen molar-refractivity contribution in [1.29, 1.82) is 0 Å². The monoisotopic (exact) mass is 421 g/mol. The molecular weight excluding hydrogens is 398 g/mol. The molecule has 0 spiro atoms. The van der Waals surface area contributed by atoms with Gasteiger partial charge in [-0.25, -0.2) is 4.68 Å². The summed E-state index contributed by atoms with van der Waals surface area (Å²) < 4.78 is 7.07. The molecule has 2 heterocycles. The fourth-order valence-electron chi connectivity index (χ4n) is 3.73. The highest BCUT2D eigenvalue weighted by atomic mass is 35.5. The number of benzene rings is 2. The Balaban J connectivity index is 1.48. The van der Waals surface area contributed by atoms with Gasteiger partial charge in [0.15, 0.2) is 0 Å². The van der Waals surface area contributed by atoms with E-state index >= 15 is 0 Å². The third kappa shape index (κ3) is 4.26. The van der Waals surface area contributed by atoms with Gasteiger partial charge in [0.1, 0.15) is 10.9 Å². The highest BCUT2D eigenvalue weighted by molar-refractivity contribution is 6.31. The molecule has 1 amide bonds. The summed E-state index contributed by atoms with van der Waals surface area (Å²) in [5.74, 6) is 0.779. The number of amides is 1. The van der Waals surface area contributed by atoms with Gasteiger partial charge in [0, 0.05) is 24.7 Å². The molecule has 154 valence electrons. The fraction of sp³-hybridized carbons (Fsp3) is 0.250. The number of aromatic nitrogens is 2. The zero-order chi connectivity index (χ0) is 21.1. The first-order valence-corrected chi connectivity index (χ1v) is 10.3. The average molecular weight is 422 g/mol. The molecule has 0 saturated carbocycles. The first-order chi connectivity index (χ1) is 14.5. The first kappa shape index (κ1) is 20.2. The molecule has 30 heavy (non-hydrogen) atoms. The van der Waals surface area contributed by atoms with Gasteiger partial charge in [-0.3, -0.25) is 4.79 Å². The van der Waals surface area contributed by atoms with Crippen LogP contribution >= 0.6 is 11.6 Å². The van der Waals surface area contributed by atoms with Crippen molar-refractivity contribution in [2.24, 2.45) is 0 Å². The molecule has 0 unspecified atom stereocenters. The number of ether oxygens (including phenoxy) is 1. The molecular formula is C24H24ClN3O2. The number of methoxy groups -OCH3 is 1. The van der Waals surface area contributed by atoms with Crippen LogP contribution in [-0.4, -0.2) is 34.2 Å². The third-order valence-electron chi connectivity index (χ3n) is 5.41. The Hall–Kier alpha value is -3.05. The predicted octanol–water partition coefficient (Wildman–Crippen LogP) is 4.50. The number of carbonyl (C=O) groups is 1. The minimum absolute atomic E-state index is 0.0326. The summed E-state index contributed by atoms with van der Waals surface area (Å²) in [5.41, 5.74) is 5.10. The molecule has 1 aliphatic rings. The Bertz CT molecular complexity index is 1090. The van der Waals surface area contributed by atoms with Crippen LogP contribution in [-0.2, 0) is 24.3 Å². The molecule has 0 fully saturated rings. The number of hydrogen-bond acceptors (Lipinski definition) is 3. The van der Waals surface area contributed by atoms with E-state index in [9.17, 15) is 4.79 Å². The van der Waals surface area contributed by atoms with Gasteiger partial charge in [-0.2, -0.15) is 5.10 Å². The van der Waals surface area contributed by atoms with Crippen LogP contribution in [0.15, 0.2) is 54.6 Å². The Morgan fingerprint density at radius 2 is 2.00 bits per heavy atom. The molecule has 0 atom stereocenters. The van der Waals surface area contributed by atoms with Crippen molar-refractivity contribution in [2.75, 3.05) is 13.7 Å². The van der Waals surface area contributed by atoms with E-state index in [4.69, 9.17) is 16.3 Å². The van der Waals surface area contributed by atoms with E-state index in [1.807, 2.05) is 54.3 Å². The lowest BCUT2D eigenvalue weighted by atomic mass is 9.99. The van der Waals surface area contributed by atoms with Gasteiger partial charge in [-0.15, -0.1) is 0 Å². The van der Waals surface area contributed by atoms with Gasteiger partial charge in [-0.05, 0) is 48.2 Å². The van der Waals surface area contributed by atoms with Crippen LogP contribution in [0.1, 0.15) is 27.9 Å². The van der Waals surface area contributed by atoms with Crippen molar-refractivity contribution in [1.82, 2.24) is 14.7 Å². The summed E-state index contributed by atoms with van der Waals surface area (Å²) >= 11 is 6.56. The maximum atomic E-state index is 12.8. The van der Waals surface area contributed by atoms with Crippen molar-refractivity contribution in [2.45, 2.75) is 26.4 Å². The van der Waals surface area contributed by atoms with Crippen molar-refractivity contribution < 1.29 is 9.53 Å². The van der Waals surface area contributed by atoms with Gasteiger partial charge in [0.25, 0.3) is 0 Å². The smallest absolute Gasteiger partial charge is 0.246 e. The largest absolute Gasteiger partial charge is 0.497 e. The molecule has 5 nitrogen and oxygen atoms in total. The van der Waals surface area contributed by atoms with E-state index in [0.717, 1.165) is 34.6 Å². The van der Waals surface area contributed by atoms with Gasteiger partial charge >= 0.3 is 0 Å². The van der Waals surface area contributed by atoms with Crippen LogP contribution in [0, 0.1) is 6.92 Å². The Morgan fingerprint density at radius 1 is 1.20 bits per heavy atom. The maximum Gasteiger partial charge on any atom is 0.246 e. The average Bonchev–Trinajstić information content (AvgIpc) is 3.04. The SMILES string of the molecule is COc1ccc2c(c1)CN(C(=O)/C=C/c1c(C)nn(Cc3ccccc3)c1Cl)CC2. The summed E-state index contributed by atoms with van der Waals surface area (Å²) in [4.78, 5) is 14.6. The minimum Gasteiger partial charge on any atom is -0.497 e. The van der Waals surface area contributed by atoms with Gasteiger partial charge in [0.05, 0.1) is 19.3 Å². The quantitative estimate of drug-likeness (QED) is 0.570. The third-order valence-corrected chi connectivity index (χ3v) is 5.81. The van der Waals surface area contributed by atoms with E-state index < -0.39 is 0 Å². The van der Waals surface area contributed by atoms with Crippen LogP contribution in [0.2, 0.25) is 5.15 Å². The zero-order valence-corrected chi connectivity index (χ0v) is 17.9. The fourth-order valence-corrected chi connectivity index (χ4v) is 4.02. The van der Waals surface area contributed by atoms with E-state index in [1.54, 1.807) is 23.9 Å². The molecule has 6 heteroatoms. The molecule has 0 saturated heterocycles.